The number of aromatic nitrogens is 2. The van der Waals surface area contributed by atoms with Gasteiger partial charge in [0, 0.05) is 52.5 Å². The maximum atomic E-state index is 16.6. The van der Waals surface area contributed by atoms with Gasteiger partial charge in [0.1, 0.15) is 35.9 Å². The van der Waals surface area contributed by atoms with E-state index in [1.54, 1.807) is 6.07 Å². The first-order valence-corrected chi connectivity index (χ1v) is 14.0. The summed E-state index contributed by atoms with van der Waals surface area (Å²) in [7, 11) is 0. The molecule has 5 aromatic rings. The lowest BCUT2D eigenvalue weighted by Gasteiger charge is -2.31. The van der Waals surface area contributed by atoms with Crippen molar-refractivity contribution in [1.82, 2.24) is 14.9 Å². The van der Waals surface area contributed by atoms with Crippen LogP contribution in [-0.4, -0.2) is 51.4 Å². The Bertz CT molecular complexity index is 1970. The summed E-state index contributed by atoms with van der Waals surface area (Å²) < 4.78 is 66.1. The molecule has 43 heavy (non-hydrogen) atoms. The predicted octanol–water partition coefficient (Wildman–Crippen LogP) is 7.18. The fraction of sp³-hybridized carbons (Fsp3) is 0.235. The molecular weight excluding hydrogens is 558 g/mol. The van der Waals surface area contributed by atoms with Crippen molar-refractivity contribution in [2.45, 2.75) is 31.0 Å². The van der Waals surface area contributed by atoms with Crippen LogP contribution in [0.5, 0.6) is 11.6 Å². The summed E-state index contributed by atoms with van der Waals surface area (Å²) in [5, 5.41) is 11.4. The van der Waals surface area contributed by atoms with Crippen LogP contribution in [0.4, 0.5) is 17.6 Å². The lowest BCUT2D eigenvalue weighted by molar-refractivity contribution is 0.111. The minimum absolute atomic E-state index is 0.0694. The summed E-state index contributed by atoms with van der Waals surface area (Å²) in [4.78, 5) is 11.1. The zero-order chi connectivity index (χ0) is 29.9. The van der Waals surface area contributed by atoms with Gasteiger partial charge in [-0.25, -0.2) is 22.5 Å². The molecule has 0 amide bonds. The van der Waals surface area contributed by atoms with Gasteiger partial charge in [-0.3, -0.25) is 9.88 Å². The van der Waals surface area contributed by atoms with Crippen LogP contribution in [0.2, 0.25) is 0 Å². The second-order valence-electron chi connectivity index (χ2n) is 11.2. The maximum absolute atomic E-state index is 16.6. The van der Waals surface area contributed by atoms with Crippen LogP contribution in [0.1, 0.15) is 24.8 Å². The summed E-state index contributed by atoms with van der Waals surface area (Å²) in [5.41, 5.74) is 0.0121. The number of alkyl halides is 1. The highest BCUT2D eigenvalue weighted by Gasteiger charge is 2.49. The molecule has 0 radical (unpaired) electrons. The number of fused-ring (bicyclic) bond motifs is 3. The molecule has 3 aromatic carbocycles. The van der Waals surface area contributed by atoms with Gasteiger partial charge in [0.05, 0.1) is 16.8 Å². The van der Waals surface area contributed by atoms with E-state index in [2.05, 4.69) is 20.8 Å². The molecule has 0 bridgehead atoms. The fourth-order valence-electron chi connectivity index (χ4n) is 6.68. The number of phenolic OH excluding ortho intramolecular Hbond substituents is 1. The number of halogens is 4. The molecule has 9 heteroatoms. The first-order chi connectivity index (χ1) is 20.8. The summed E-state index contributed by atoms with van der Waals surface area (Å²) >= 11 is 0. The number of terminal acetylenes is 1. The van der Waals surface area contributed by atoms with Crippen LogP contribution in [-0.2, 0) is 0 Å². The Balaban J connectivity index is 1.42. The van der Waals surface area contributed by atoms with Crippen LogP contribution in [0.25, 0.3) is 44.1 Å². The van der Waals surface area contributed by atoms with Gasteiger partial charge in [0.15, 0.2) is 5.82 Å². The molecule has 2 fully saturated rings. The van der Waals surface area contributed by atoms with Gasteiger partial charge in [-0.05, 0) is 55.1 Å². The topological polar surface area (TPSA) is 58.5 Å². The third kappa shape index (κ3) is 4.54. The minimum Gasteiger partial charge on any atom is -0.508 e. The van der Waals surface area contributed by atoms with Gasteiger partial charge in [0.2, 0.25) is 5.88 Å². The molecule has 4 heterocycles. The highest BCUT2D eigenvalue weighted by Crippen LogP contribution is 2.42. The number of pyridine rings is 2. The Morgan fingerprint density at radius 2 is 1.93 bits per heavy atom. The highest BCUT2D eigenvalue weighted by atomic mass is 19.1. The Morgan fingerprint density at radius 3 is 2.74 bits per heavy atom. The molecule has 1 N–H and O–H groups in total. The van der Waals surface area contributed by atoms with E-state index >= 15 is 4.39 Å². The lowest BCUT2D eigenvalue weighted by atomic mass is 9.94. The third-order valence-corrected chi connectivity index (χ3v) is 8.60. The molecule has 2 aliphatic rings. The predicted molar refractivity (Wildman–Crippen MR) is 156 cm³/mol. The number of ether oxygens (including phenoxy) is 1. The molecule has 2 atom stereocenters. The molecule has 2 aromatic heterocycles. The highest BCUT2D eigenvalue weighted by molar-refractivity contribution is 6.04. The fourth-order valence-corrected chi connectivity index (χ4v) is 6.68. The van der Waals surface area contributed by atoms with Crippen molar-refractivity contribution in [1.29, 1.82) is 0 Å². The van der Waals surface area contributed by atoms with Crippen LogP contribution in [0, 0.1) is 29.8 Å². The van der Waals surface area contributed by atoms with Crippen LogP contribution in [0.3, 0.4) is 0 Å². The molecule has 2 saturated heterocycles. The van der Waals surface area contributed by atoms with Crippen molar-refractivity contribution in [2.24, 2.45) is 0 Å². The van der Waals surface area contributed by atoms with Gasteiger partial charge in [-0.15, -0.1) is 6.42 Å². The van der Waals surface area contributed by atoms with Gasteiger partial charge < -0.3 is 9.84 Å². The summed E-state index contributed by atoms with van der Waals surface area (Å²) in [6, 6.07) is 12.5. The quantitative estimate of drug-likeness (QED) is 0.176. The van der Waals surface area contributed by atoms with E-state index in [4.69, 9.17) is 11.2 Å². The second-order valence-corrected chi connectivity index (χ2v) is 11.2. The van der Waals surface area contributed by atoms with Crippen LogP contribution >= 0.6 is 0 Å². The Kier molecular flexibility index (Phi) is 6.47. The minimum atomic E-state index is -0.947. The molecule has 7 rings (SSSR count). The zero-order valence-electron chi connectivity index (χ0n) is 22.9. The van der Waals surface area contributed by atoms with E-state index in [-0.39, 0.29) is 56.9 Å². The molecule has 0 unspecified atom stereocenters. The summed E-state index contributed by atoms with van der Waals surface area (Å²) in [6.45, 7) is 1.30. The number of hydrogen-bond acceptors (Lipinski definition) is 5. The number of rotatable bonds is 5. The van der Waals surface area contributed by atoms with E-state index in [0.29, 0.717) is 23.9 Å². The SMILES string of the molecule is C#Cc1c(F)ccc2cc(O)cc(-c3ncc4c(-c5cccc(F)c5)nc(OC[C@@]56CCCN5C[C@H](F)C6)cc4c3F)c12. The van der Waals surface area contributed by atoms with Crippen molar-refractivity contribution in [3.63, 3.8) is 0 Å². The number of aromatic hydroxyl groups is 1. The van der Waals surface area contributed by atoms with E-state index < -0.39 is 29.2 Å². The molecule has 0 spiro atoms. The maximum Gasteiger partial charge on any atom is 0.214 e. The van der Waals surface area contributed by atoms with Crippen molar-refractivity contribution in [3.8, 4) is 46.5 Å². The van der Waals surface area contributed by atoms with Gasteiger partial charge in [0.25, 0.3) is 0 Å². The molecule has 0 aliphatic carbocycles. The normalized spacial score (nSPS) is 20.0. The van der Waals surface area contributed by atoms with E-state index in [0.717, 1.165) is 19.4 Å². The third-order valence-electron chi connectivity index (χ3n) is 8.60. The largest absolute Gasteiger partial charge is 0.508 e. The van der Waals surface area contributed by atoms with Crippen molar-refractivity contribution in [2.75, 3.05) is 19.7 Å². The van der Waals surface area contributed by atoms with Crippen molar-refractivity contribution < 1.29 is 27.4 Å². The summed E-state index contributed by atoms with van der Waals surface area (Å²) in [6.07, 6.45) is 8.13. The van der Waals surface area contributed by atoms with Crippen molar-refractivity contribution >= 4 is 21.5 Å². The standard InChI is InChI=1S/C34H25F4N3O2/c1-2-24-28(37)8-7-19-12-23(42)13-26(30(19)24)33-31(38)25-14-29(43-18-34-9-4-10-41(34)17-22(36)15-34)40-32(27(25)16-39-33)20-5-3-6-21(35)11-20/h1,3,5-8,11-14,16,22,42H,4,9-10,15,17-18H2/t22-,34+/m1/s1. The van der Waals surface area contributed by atoms with Crippen molar-refractivity contribution in [3.05, 3.63) is 83.8 Å². The Labute approximate surface area is 244 Å². The molecule has 216 valence electrons. The Morgan fingerprint density at radius 1 is 1.07 bits per heavy atom. The lowest BCUT2D eigenvalue weighted by Crippen LogP contribution is -2.43. The van der Waals surface area contributed by atoms with E-state index in [1.165, 1.54) is 54.7 Å². The first-order valence-electron chi connectivity index (χ1n) is 14.0. The van der Waals surface area contributed by atoms with Crippen LogP contribution < -0.4 is 4.74 Å². The molecule has 2 aliphatic heterocycles. The van der Waals surface area contributed by atoms with Gasteiger partial charge in [-0.1, -0.05) is 24.1 Å². The molecule has 0 saturated carbocycles. The average molecular weight is 584 g/mol. The zero-order valence-corrected chi connectivity index (χ0v) is 22.9. The number of hydrogen-bond donors (Lipinski definition) is 1. The second kappa shape index (κ2) is 10.2. The molecule has 5 nitrogen and oxygen atoms in total. The van der Waals surface area contributed by atoms with E-state index in [1.807, 2.05) is 0 Å². The van der Waals surface area contributed by atoms with E-state index in [9.17, 15) is 18.3 Å². The average Bonchev–Trinajstić information content (AvgIpc) is 3.51. The molecular formula is C34H25F4N3O2. The van der Waals surface area contributed by atoms with Gasteiger partial charge >= 0.3 is 0 Å². The number of benzene rings is 3. The summed E-state index contributed by atoms with van der Waals surface area (Å²) in [5.74, 6) is 0.283. The van der Waals surface area contributed by atoms with Gasteiger partial charge in [-0.2, -0.15) is 0 Å². The van der Waals surface area contributed by atoms with Crippen LogP contribution in [0.15, 0.2) is 60.8 Å². The first kappa shape index (κ1) is 27.2. The Hall–Kier alpha value is -4.68. The number of nitrogens with zero attached hydrogens (tertiary/aromatic N) is 3. The monoisotopic (exact) mass is 583 g/mol. The number of phenols is 1. The smallest absolute Gasteiger partial charge is 0.214 e.